The quantitative estimate of drug-likeness (QED) is 0.322. The number of carbonyl (C=O) groups is 2. The SMILES string of the molecule is CC1(C)[C@H]2CC[C@H](CN(CCC(=O)Nc3c(O)ccc(C(=O)O)c3O)C[C@H]3CC[C@H]4C[C@@H]3C4(C)C)[C@@H]1C2. The molecule has 7 nitrogen and oxygen atoms in total. The van der Waals surface area contributed by atoms with Crippen molar-refractivity contribution in [2.45, 2.75) is 72.6 Å². The van der Waals surface area contributed by atoms with Crippen LogP contribution in [0.15, 0.2) is 12.1 Å². The van der Waals surface area contributed by atoms with Crippen molar-refractivity contribution in [1.82, 2.24) is 4.90 Å². The molecule has 4 N–H and O–H groups in total. The van der Waals surface area contributed by atoms with Crippen LogP contribution in [0.2, 0.25) is 0 Å². The molecular weight excluding hydrogens is 468 g/mol. The number of carboxylic acid groups (broad SMARTS) is 1. The number of hydrogen-bond acceptors (Lipinski definition) is 5. The highest BCUT2D eigenvalue weighted by molar-refractivity contribution is 5.99. The maximum Gasteiger partial charge on any atom is 0.339 e. The summed E-state index contributed by atoms with van der Waals surface area (Å²) in [7, 11) is 0. The molecule has 6 atom stereocenters. The molecule has 7 rings (SSSR count). The van der Waals surface area contributed by atoms with Crippen LogP contribution in [-0.2, 0) is 4.79 Å². The fourth-order valence-electron chi connectivity index (χ4n) is 8.62. The van der Waals surface area contributed by atoms with E-state index in [0.717, 1.165) is 42.8 Å². The van der Waals surface area contributed by atoms with Gasteiger partial charge in [0.25, 0.3) is 0 Å². The van der Waals surface area contributed by atoms with Crippen molar-refractivity contribution in [3.05, 3.63) is 17.7 Å². The number of hydrogen-bond donors (Lipinski definition) is 4. The first kappa shape index (κ1) is 26.3. The summed E-state index contributed by atoms with van der Waals surface area (Å²) in [5.41, 5.74) is 0.252. The zero-order valence-corrected chi connectivity index (χ0v) is 22.8. The highest BCUT2D eigenvalue weighted by Crippen LogP contribution is 2.63. The van der Waals surface area contributed by atoms with Gasteiger partial charge < -0.3 is 25.5 Å². The van der Waals surface area contributed by atoms with Gasteiger partial charge in [-0.05, 0) is 97.0 Å². The molecule has 7 heteroatoms. The monoisotopic (exact) mass is 512 g/mol. The fourth-order valence-corrected chi connectivity index (χ4v) is 8.62. The average molecular weight is 513 g/mol. The molecule has 37 heavy (non-hydrogen) atoms. The Bertz CT molecular complexity index is 1020. The Morgan fingerprint density at radius 3 is 1.92 bits per heavy atom. The number of amides is 1. The molecule has 6 saturated carbocycles. The molecular formula is C30H44N2O5. The van der Waals surface area contributed by atoms with E-state index in [4.69, 9.17) is 0 Å². The zero-order valence-electron chi connectivity index (χ0n) is 22.8. The molecule has 1 amide bonds. The summed E-state index contributed by atoms with van der Waals surface area (Å²) in [6.07, 6.45) is 8.06. The van der Waals surface area contributed by atoms with Gasteiger partial charge in [-0.3, -0.25) is 4.79 Å². The minimum absolute atomic E-state index is 0.225. The van der Waals surface area contributed by atoms with Gasteiger partial charge in [0.05, 0.1) is 0 Å². The summed E-state index contributed by atoms with van der Waals surface area (Å²) < 4.78 is 0. The van der Waals surface area contributed by atoms with E-state index < -0.39 is 11.7 Å². The average Bonchev–Trinajstić information content (AvgIpc) is 2.84. The Morgan fingerprint density at radius 1 is 0.919 bits per heavy atom. The Labute approximate surface area is 220 Å². The molecule has 0 aliphatic heterocycles. The lowest BCUT2D eigenvalue weighted by Gasteiger charge is -2.62. The van der Waals surface area contributed by atoms with Crippen LogP contribution in [0.1, 0.15) is 83.0 Å². The number of carboxylic acids is 1. The number of fused-ring (bicyclic) bond motifs is 4. The highest BCUT2D eigenvalue weighted by atomic mass is 16.4. The van der Waals surface area contributed by atoms with Gasteiger partial charge in [-0.25, -0.2) is 4.79 Å². The maximum absolute atomic E-state index is 12.9. The molecule has 0 spiro atoms. The second kappa shape index (κ2) is 9.48. The van der Waals surface area contributed by atoms with Crippen LogP contribution in [0.3, 0.4) is 0 Å². The van der Waals surface area contributed by atoms with Crippen LogP contribution >= 0.6 is 0 Å². The molecule has 6 aliphatic carbocycles. The number of carbonyl (C=O) groups excluding carboxylic acids is 1. The summed E-state index contributed by atoms with van der Waals surface area (Å²) in [6.45, 7) is 12.4. The topological polar surface area (TPSA) is 110 Å². The van der Waals surface area contributed by atoms with Crippen molar-refractivity contribution < 1.29 is 24.9 Å². The Hall–Kier alpha value is -2.28. The lowest BCUT2D eigenvalue weighted by atomic mass is 9.45. The third-order valence-electron chi connectivity index (χ3n) is 11.3. The number of benzene rings is 1. The van der Waals surface area contributed by atoms with E-state index in [1.807, 2.05) is 0 Å². The van der Waals surface area contributed by atoms with E-state index in [0.29, 0.717) is 29.2 Å². The van der Waals surface area contributed by atoms with Crippen LogP contribution in [-0.4, -0.2) is 51.7 Å². The molecule has 1 aromatic rings. The van der Waals surface area contributed by atoms with E-state index in [1.165, 1.54) is 44.6 Å². The molecule has 0 radical (unpaired) electrons. The van der Waals surface area contributed by atoms with E-state index >= 15 is 0 Å². The first-order chi connectivity index (χ1) is 17.4. The number of anilines is 1. The van der Waals surface area contributed by atoms with E-state index in [2.05, 4.69) is 37.9 Å². The number of aromatic carboxylic acids is 1. The van der Waals surface area contributed by atoms with Crippen LogP contribution in [0.4, 0.5) is 5.69 Å². The van der Waals surface area contributed by atoms with Crippen molar-refractivity contribution in [1.29, 1.82) is 0 Å². The summed E-state index contributed by atoms with van der Waals surface area (Å²) in [5.74, 6) is 1.94. The van der Waals surface area contributed by atoms with Gasteiger partial charge in [-0.15, -0.1) is 0 Å². The summed E-state index contributed by atoms with van der Waals surface area (Å²) in [6, 6.07) is 2.30. The van der Waals surface area contributed by atoms with Gasteiger partial charge in [0.15, 0.2) is 5.75 Å². The predicted molar refractivity (Wildman–Crippen MR) is 143 cm³/mol. The third kappa shape index (κ3) is 4.62. The second-order valence-corrected chi connectivity index (χ2v) is 13.6. The normalized spacial score (nSPS) is 32.8. The predicted octanol–water partition coefficient (Wildman–Crippen LogP) is 5.57. The van der Waals surface area contributed by atoms with E-state index in [1.54, 1.807) is 0 Å². The molecule has 0 unspecified atom stereocenters. The van der Waals surface area contributed by atoms with Gasteiger partial charge in [0.2, 0.25) is 5.91 Å². The minimum atomic E-state index is -1.32. The van der Waals surface area contributed by atoms with Crippen molar-refractivity contribution in [3.63, 3.8) is 0 Å². The van der Waals surface area contributed by atoms with Crippen molar-refractivity contribution in [3.8, 4) is 11.5 Å². The van der Waals surface area contributed by atoms with E-state index in [-0.39, 0.29) is 29.3 Å². The molecule has 1 aromatic carbocycles. The molecule has 4 bridgehead atoms. The molecule has 0 saturated heterocycles. The maximum atomic E-state index is 12.9. The Balaban J connectivity index is 1.26. The van der Waals surface area contributed by atoms with E-state index in [9.17, 15) is 24.9 Å². The summed E-state index contributed by atoms with van der Waals surface area (Å²) in [4.78, 5) is 26.8. The largest absolute Gasteiger partial charge is 0.506 e. The van der Waals surface area contributed by atoms with Crippen molar-refractivity contribution in [2.75, 3.05) is 25.0 Å². The van der Waals surface area contributed by atoms with Gasteiger partial charge in [-0.2, -0.15) is 0 Å². The van der Waals surface area contributed by atoms with Crippen LogP contribution < -0.4 is 5.32 Å². The first-order valence-corrected chi connectivity index (χ1v) is 14.2. The van der Waals surface area contributed by atoms with Crippen LogP contribution in [0, 0.1) is 46.3 Å². The fraction of sp³-hybridized carbons (Fsp3) is 0.733. The number of phenolic OH excluding ortho intramolecular Hbond substituents is 1. The Kier molecular flexibility index (Phi) is 6.74. The number of nitrogens with zero attached hydrogens (tertiary/aromatic N) is 1. The summed E-state index contributed by atoms with van der Waals surface area (Å²) >= 11 is 0. The van der Waals surface area contributed by atoms with Crippen LogP contribution in [0.5, 0.6) is 11.5 Å². The molecule has 204 valence electrons. The number of nitrogens with one attached hydrogen (secondary N) is 1. The zero-order chi connectivity index (χ0) is 26.7. The Morgan fingerprint density at radius 2 is 1.46 bits per heavy atom. The van der Waals surface area contributed by atoms with Crippen molar-refractivity contribution in [2.24, 2.45) is 46.3 Å². The van der Waals surface area contributed by atoms with Crippen molar-refractivity contribution >= 4 is 17.6 Å². The van der Waals surface area contributed by atoms with Crippen LogP contribution in [0.25, 0.3) is 0 Å². The third-order valence-corrected chi connectivity index (χ3v) is 11.3. The summed E-state index contributed by atoms with van der Waals surface area (Å²) in [5, 5.41) is 32.3. The number of aromatic hydroxyl groups is 2. The standard InChI is InChI=1S/C30H44N2O5/c1-29(2)19-7-5-17(22(29)13-19)15-32(16-18-6-8-20-14-23(18)30(20,3)4)12-11-25(34)31-26-24(33)10-9-21(27(26)35)28(36)37/h9-10,17-20,22-23,33,35H,5-8,11-16H2,1-4H3,(H,31,34)(H,36,37)/t17-,18-,19+,20+,22+,23+/m1/s1. The number of phenols is 2. The smallest absolute Gasteiger partial charge is 0.339 e. The van der Waals surface area contributed by atoms with Gasteiger partial charge >= 0.3 is 5.97 Å². The lowest BCUT2D eigenvalue weighted by molar-refractivity contribution is -0.127. The molecule has 0 heterocycles. The van der Waals surface area contributed by atoms with Gasteiger partial charge in [0.1, 0.15) is 17.0 Å². The van der Waals surface area contributed by atoms with Gasteiger partial charge in [0, 0.05) is 26.1 Å². The second-order valence-electron chi connectivity index (χ2n) is 13.6. The molecule has 6 aliphatic rings. The molecule has 6 fully saturated rings. The first-order valence-electron chi connectivity index (χ1n) is 14.2. The highest BCUT2D eigenvalue weighted by Gasteiger charge is 2.56. The lowest BCUT2D eigenvalue weighted by Crippen LogP contribution is -2.57. The minimum Gasteiger partial charge on any atom is -0.506 e. The number of rotatable bonds is 9. The molecule has 0 aromatic heterocycles. The van der Waals surface area contributed by atoms with Gasteiger partial charge in [-0.1, -0.05) is 27.7 Å².